The zero-order valence-corrected chi connectivity index (χ0v) is 29.2. The third-order valence-electron chi connectivity index (χ3n) is 7.93. The summed E-state index contributed by atoms with van der Waals surface area (Å²) in [7, 11) is -2.15. The number of fused-ring (bicyclic) bond motifs is 1. The molecular weight excluding hydrogens is 641 g/mol. The van der Waals surface area contributed by atoms with Crippen LogP contribution < -0.4 is 15.8 Å². The number of carbonyl (C=O) groups is 1. The fourth-order valence-electron chi connectivity index (χ4n) is 4.48. The van der Waals surface area contributed by atoms with Gasteiger partial charge in [0.2, 0.25) is 0 Å². The van der Waals surface area contributed by atoms with E-state index in [1.54, 1.807) is 39.0 Å². The summed E-state index contributed by atoms with van der Waals surface area (Å²) in [5, 5.41) is 13.2. The van der Waals surface area contributed by atoms with Gasteiger partial charge in [0.1, 0.15) is 34.4 Å². The first-order valence-corrected chi connectivity index (χ1v) is 18.1. The van der Waals surface area contributed by atoms with Crippen molar-refractivity contribution in [1.82, 2.24) is 14.5 Å². The first-order chi connectivity index (χ1) is 22.2. The number of aromatic nitrogens is 3. The van der Waals surface area contributed by atoms with E-state index in [9.17, 15) is 28.0 Å². The maximum absolute atomic E-state index is 13.8. The lowest BCUT2D eigenvalue weighted by atomic mass is 10.1. The SMILES string of the molecule is CC(C)(C)OC(=O)N(CCO[Si](C)(C)C(C)(C)C)c1cc(Nc2c(C#N)c(=O)n(-c3ccccc3)c3nc(C(F)(F)F)ccc23)ccn1. The van der Waals surface area contributed by atoms with E-state index < -0.39 is 37.4 Å². The summed E-state index contributed by atoms with van der Waals surface area (Å²) in [4.78, 5) is 36.7. The van der Waals surface area contributed by atoms with E-state index in [-0.39, 0.29) is 52.0 Å². The minimum Gasteiger partial charge on any atom is -0.443 e. The van der Waals surface area contributed by atoms with Crippen LogP contribution in [0.2, 0.25) is 18.1 Å². The molecule has 0 atom stereocenters. The van der Waals surface area contributed by atoms with E-state index in [2.05, 4.69) is 49.1 Å². The lowest BCUT2D eigenvalue weighted by molar-refractivity contribution is -0.141. The molecule has 0 saturated carbocycles. The van der Waals surface area contributed by atoms with Crippen LogP contribution in [0.1, 0.15) is 52.8 Å². The number of benzene rings is 1. The highest BCUT2D eigenvalue weighted by Gasteiger charge is 2.37. The van der Waals surface area contributed by atoms with Gasteiger partial charge in [-0.15, -0.1) is 0 Å². The van der Waals surface area contributed by atoms with Gasteiger partial charge < -0.3 is 14.5 Å². The number of nitrogens with zero attached hydrogens (tertiary/aromatic N) is 5. The van der Waals surface area contributed by atoms with E-state index in [0.29, 0.717) is 5.69 Å². The van der Waals surface area contributed by atoms with E-state index in [1.807, 2.05) is 6.07 Å². The largest absolute Gasteiger partial charge is 0.443 e. The highest BCUT2D eigenvalue weighted by Crippen LogP contribution is 2.37. The molecule has 0 aliphatic carbocycles. The van der Waals surface area contributed by atoms with Crippen molar-refractivity contribution in [2.24, 2.45) is 0 Å². The van der Waals surface area contributed by atoms with Crippen LogP contribution in [0.4, 0.5) is 35.2 Å². The van der Waals surface area contributed by atoms with Gasteiger partial charge in [0.05, 0.1) is 24.5 Å². The molecule has 4 rings (SSSR count). The van der Waals surface area contributed by atoms with Crippen LogP contribution in [-0.4, -0.2) is 47.7 Å². The van der Waals surface area contributed by atoms with Gasteiger partial charge >= 0.3 is 12.3 Å². The van der Waals surface area contributed by atoms with Crippen molar-refractivity contribution < 1.29 is 27.1 Å². The molecule has 0 saturated heterocycles. The highest BCUT2D eigenvalue weighted by atomic mass is 28.4. The lowest BCUT2D eigenvalue weighted by Gasteiger charge is -2.36. The fourth-order valence-corrected chi connectivity index (χ4v) is 5.52. The normalized spacial score (nSPS) is 12.5. The summed E-state index contributed by atoms with van der Waals surface area (Å²) < 4.78 is 54.3. The number of nitrogens with one attached hydrogen (secondary N) is 1. The van der Waals surface area contributed by atoms with Gasteiger partial charge in [-0.25, -0.2) is 14.8 Å². The molecule has 1 aromatic carbocycles. The van der Waals surface area contributed by atoms with Gasteiger partial charge in [0.15, 0.2) is 8.32 Å². The second-order valence-electron chi connectivity index (χ2n) is 13.7. The number of amides is 1. The van der Waals surface area contributed by atoms with Crippen LogP contribution in [-0.2, 0) is 15.3 Å². The molecule has 4 aromatic rings. The predicted octanol–water partition coefficient (Wildman–Crippen LogP) is 8.18. The zero-order valence-electron chi connectivity index (χ0n) is 28.2. The third kappa shape index (κ3) is 8.03. The third-order valence-corrected chi connectivity index (χ3v) is 12.5. The molecule has 10 nitrogen and oxygen atoms in total. The van der Waals surface area contributed by atoms with Crippen molar-refractivity contribution in [2.45, 2.75) is 71.5 Å². The molecule has 0 aliphatic rings. The molecule has 0 spiro atoms. The van der Waals surface area contributed by atoms with Crippen molar-refractivity contribution in [1.29, 1.82) is 5.26 Å². The number of hydrogen-bond donors (Lipinski definition) is 1. The molecule has 0 unspecified atom stereocenters. The summed E-state index contributed by atoms with van der Waals surface area (Å²) >= 11 is 0. The summed E-state index contributed by atoms with van der Waals surface area (Å²) in [6, 6.07) is 14.9. The van der Waals surface area contributed by atoms with Gasteiger partial charge in [-0.3, -0.25) is 14.3 Å². The number of anilines is 3. The Hall–Kier alpha value is -4.74. The number of rotatable bonds is 8. The number of pyridine rings is 3. The standard InChI is InChI=1S/C34H39F3N6O4Si/c1-32(2,3)47-31(45)42(18-19-46-48(7,8)33(4,5)6)27-20-22(16-17-39-27)40-28-24-14-15-26(34(35,36)37)41-29(24)43(30(44)25(28)21-38)23-12-10-9-11-13-23/h9-17,20H,18-19H2,1-8H3,(H,39,40). The molecule has 0 aliphatic heterocycles. The predicted molar refractivity (Wildman–Crippen MR) is 181 cm³/mol. The number of hydrogen-bond acceptors (Lipinski definition) is 8. The van der Waals surface area contributed by atoms with E-state index >= 15 is 0 Å². The number of nitriles is 1. The Morgan fingerprint density at radius 3 is 2.29 bits per heavy atom. The van der Waals surface area contributed by atoms with Gasteiger partial charge in [-0.1, -0.05) is 39.0 Å². The number of para-hydroxylation sites is 1. The maximum Gasteiger partial charge on any atom is 0.433 e. The molecule has 1 N–H and O–H groups in total. The number of carbonyl (C=O) groups excluding carboxylic acids is 1. The Morgan fingerprint density at radius 2 is 1.71 bits per heavy atom. The fraction of sp³-hybridized carbons (Fsp3) is 0.382. The first-order valence-electron chi connectivity index (χ1n) is 15.2. The molecule has 14 heteroatoms. The van der Waals surface area contributed by atoms with Crippen LogP contribution in [0, 0.1) is 11.3 Å². The average Bonchev–Trinajstić information content (AvgIpc) is 2.98. The maximum atomic E-state index is 13.8. The highest BCUT2D eigenvalue weighted by molar-refractivity contribution is 6.74. The van der Waals surface area contributed by atoms with Crippen LogP contribution in [0.3, 0.4) is 0 Å². The Balaban J connectivity index is 1.82. The topological polar surface area (TPSA) is 122 Å². The van der Waals surface area contributed by atoms with E-state index in [1.165, 1.54) is 41.4 Å². The molecule has 0 bridgehead atoms. The van der Waals surface area contributed by atoms with E-state index in [4.69, 9.17) is 9.16 Å². The molecule has 0 radical (unpaired) electrons. The molecule has 0 fully saturated rings. The second-order valence-corrected chi connectivity index (χ2v) is 18.5. The Morgan fingerprint density at radius 1 is 1.04 bits per heavy atom. The van der Waals surface area contributed by atoms with Gasteiger partial charge in [0, 0.05) is 23.3 Å². The van der Waals surface area contributed by atoms with Crippen molar-refractivity contribution in [3.63, 3.8) is 0 Å². The summed E-state index contributed by atoms with van der Waals surface area (Å²) in [6.07, 6.45) is -4.03. The minimum absolute atomic E-state index is 0.0480. The Kier molecular flexibility index (Phi) is 10.1. The molecule has 1 amide bonds. The van der Waals surface area contributed by atoms with Crippen molar-refractivity contribution in [3.8, 4) is 11.8 Å². The quantitative estimate of drug-likeness (QED) is 0.185. The van der Waals surface area contributed by atoms with Gasteiger partial charge in [-0.2, -0.15) is 18.4 Å². The number of halogens is 3. The van der Waals surface area contributed by atoms with Crippen LogP contribution in [0.25, 0.3) is 16.7 Å². The minimum atomic E-state index is -4.79. The molecule has 3 aromatic heterocycles. The molecule has 48 heavy (non-hydrogen) atoms. The van der Waals surface area contributed by atoms with Gasteiger partial charge in [0.25, 0.3) is 5.56 Å². The monoisotopic (exact) mass is 680 g/mol. The van der Waals surface area contributed by atoms with Crippen molar-refractivity contribution in [2.75, 3.05) is 23.4 Å². The summed E-state index contributed by atoms with van der Waals surface area (Å²) in [6.45, 7) is 16.1. The Labute approximate surface area is 278 Å². The molecular formula is C34H39F3N6O4Si. The van der Waals surface area contributed by atoms with Crippen LogP contribution in [0.5, 0.6) is 0 Å². The number of alkyl halides is 3. The lowest BCUT2D eigenvalue weighted by Crippen LogP contribution is -2.44. The smallest absolute Gasteiger partial charge is 0.433 e. The first kappa shape index (κ1) is 36.1. The molecule has 3 heterocycles. The van der Waals surface area contributed by atoms with Gasteiger partial charge in [-0.05, 0) is 69.2 Å². The second kappa shape index (κ2) is 13.4. The van der Waals surface area contributed by atoms with Crippen LogP contribution >= 0.6 is 0 Å². The number of ether oxygens (including phenoxy) is 1. The average molecular weight is 681 g/mol. The van der Waals surface area contributed by atoms with Crippen molar-refractivity contribution in [3.05, 3.63) is 82.4 Å². The van der Waals surface area contributed by atoms with E-state index in [0.717, 1.165) is 10.6 Å². The Bertz CT molecular complexity index is 1910. The van der Waals surface area contributed by atoms with Crippen LogP contribution in [0.15, 0.2) is 65.6 Å². The zero-order chi connectivity index (χ0) is 35.7. The van der Waals surface area contributed by atoms with Crippen molar-refractivity contribution >= 4 is 42.6 Å². The summed E-state index contributed by atoms with van der Waals surface area (Å²) in [5.74, 6) is 0.186. The summed E-state index contributed by atoms with van der Waals surface area (Å²) in [5.41, 5.74) is -3.03. The molecule has 254 valence electrons.